The van der Waals surface area contributed by atoms with Crippen LogP contribution in [0.3, 0.4) is 0 Å². The van der Waals surface area contributed by atoms with Crippen LogP contribution < -0.4 is 15.1 Å². The van der Waals surface area contributed by atoms with Gasteiger partial charge in [0.1, 0.15) is 5.75 Å². The molecule has 1 atom stereocenters. The molecule has 0 saturated heterocycles. The quantitative estimate of drug-likeness (QED) is 0.289. The summed E-state index contributed by atoms with van der Waals surface area (Å²) in [4.78, 5) is 4.62. The maximum Gasteiger partial charge on any atom is 0.253 e. The summed E-state index contributed by atoms with van der Waals surface area (Å²) in [5, 5.41) is 2.58. The number of hydrogen-bond acceptors (Lipinski definition) is 3. The zero-order valence-electron chi connectivity index (χ0n) is 21.6. The van der Waals surface area contributed by atoms with E-state index in [1.165, 1.54) is 32.6 Å². The van der Waals surface area contributed by atoms with E-state index in [2.05, 4.69) is 93.8 Å². The Morgan fingerprint density at radius 1 is 0.743 bits per heavy atom. The predicted molar refractivity (Wildman–Crippen MR) is 147 cm³/mol. The highest BCUT2D eigenvalue weighted by Gasteiger charge is 2.38. The summed E-state index contributed by atoms with van der Waals surface area (Å²) < 4.78 is 12.8. The number of nitrogens with zero attached hydrogens (tertiary/aromatic N) is 1. The minimum absolute atomic E-state index is 0.144. The SMILES string of the molecule is COc1ccc([C@H](Cc2ccccn2)O[Si](C)(c2cc(C)cc(C)c2)c2cc(C)cc(C)c2)cc1. The minimum Gasteiger partial charge on any atom is -0.497 e. The molecule has 4 heteroatoms. The van der Waals surface area contributed by atoms with Crippen LogP contribution in [-0.2, 0) is 10.8 Å². The van der Waals surface area contributed by atoms with Gasteiger partial charge >= 0.3 is 0 Å². The number of benzene rings is 3. The first-order valence-corrected chi connectivity index (χ1v) is 14.6. The number of methoxy groups -OCH3 is 1. The van der Waals surface area contributed by atoms with Crippen molar-refractivity contribution in [2.24, 2.45) is 0 Å². The molecule has 1 heterocycles. The molecule has 180 valence electrons. The van der Waals surface area contributed by atoms with Gasteiger partial charge in [-0.05, 0) is 74.4 Å². The van der Waals surface area contributed by atoms with E-state index in [1.807, 2.05) is 30.5 Å². The molecular weight excluding hydrogens is 446 g/mol. The molecule has 1 aromatic heterocycles. The first kappa shape index (κ1) is 24.9. The van der Waals surface area contributed by atoms with Crippen LogP contribution in [0, 0.1) is 27.7 Å². The van der Waals surface area contributed by atoms with Crippen molar-refractivity contribution in [2.45, 2.75) is 46.8 Å². The van der Waals surface area contributed by atoms with E-state index in [4.69, 9.17) is 9.16 Å². The Bertz CT molecular complexity index is 1190. The summed E-state index contributed by atoms with van der Waals surface area (Å²) >= 11 is 0. The maximum absolute atomic E-state index is 7.35. The smallest absolute Gasteiger partial charge is 0.253 e. The van der Waals surface area contributed by atoms with E-state index in [0.29, 0.717) is 6.42 Å². The number of ether oxygens (including phenoxy) is 1. The lowest BCUT2D eigenvalue weighted by molar-refractivity contribution is 0.203. The Morgan fingerprint density at radius 2 is 1.29 bits per heavy atom. The zero-order valence-corrected chi connectivity index (χ0v) is 22.6. The highest BCUT2D eigenvalue weighted by atomic mass is 28.4. The number of aromatic nitrogens is 1. The van der Waals surface area contributed by atoms with Crippen molar-refractivity contribution in [2.75, 3.05) is 7.11 Å². The van der Waals surface area contributed by atoms with Crippen molar-refractivity contribution >= 4 is 18.7 Å². The van der Waals surface area contributed by atoms with Gasteiger partial charge in [0.15, 0.2) is 0 Å². The Kier molecular flexibility index (Phi) is 7.53. The lowest BCUT2D eigenvalue weighted by atomic mass is 10.0. The van der Waals surface area contributed by atoms with Crippen molar-refractivity contribution in [3.05, 3.63) is 119 Å². The summed E-state index contributed by atoms with van der Waals surface area (Å²) in [6, 6.07) is 28.0. The van der Waals surface area contributed by atoms with Gasteiger partial charge in [-0.1, -0.05) is 76.9 Å². The van der Waals surface area contributed by atoms with Crippen LogP contribution in [0.4, 0.5) is 0 Å². The Morgan fingerprint density at radius 3 is 1.74 bits per heavy atom. The fourth-order valence-electron chi connectivity index (χ4n) is 4.84. The Hall–Kier alpha value is -3.21. The van der Waals surface area contributed by atoms with Gasteiger partial charge in [0.05, 0.1) is 13.2 Å². The van der Waals surface area contributed by atoms with Crippen LogP contribution >= 0.6 is 0 Å². The first-order chi connectivity index (χ1) is 16.8. The van der Waals surface area contributed by atoms with E-state index in [0.717, 1.165) is 17.0 Å². The fraction of sp³-hybridized carbons (Fsp3) is 0.258. The summed E-state index contributed by atoms with van der Waals surface area (Å²) in [5.41, 5.74) is 7.19. The van der Waals surface area contributed by atoms with Crippen molar-refractivity contribution in [1.29, 1.82) is 0 Å². The molecule has 4 rings (SSSR count). The standard InChI is InChI=1S/C31H35NO2Si/c1-22-15-23(2)18-29(17-22)35(6,30-19-24(3)16-25(4)20-30)34-31(21-27-9-7-8-14-32-27)26-10-12-28(33-5)13-11-26/h7-20,31H,21H2,1-6H3/t31-/m0/s1. The van der Waals surface area contributed by atoms with Gasteiger partial charge in [0.25, 0.3) is 8.32 Å². The Labute approximate surface area is 210 Å². The van der Waals surface area contributed by atoms with Crippen LogP contribution in [0.2, 0.25) is 6.55 Å². The van der Waals surface area contributed by atoms with Crippen LogP contribution in [0.15, 0.2) is 85.1 Å². The second-order valence-electron chi connectivity index (χ2n) is 9.69. The molecule has 0 aliphatic heterocycles. The van der Waals surface area contributed by atoms with Crippen molar-refractivity contribution < 1.29 is 9.16 Å². The van der Waals surface area contributed by atoms with E-state index in [1.54, 1.807) is 7.11 Å². The van der Waals surface area contributed by atoms with Crippen LogP contribution in [0.1, 0.15) is 39.6 Å². The van der Waals surface area contributed by atoms with Crippen molar-refractivity contribution in [3.8, 4) is 5.75 Å². The topological polar surface area (TPSA) is 31.4 Å². The molecule has 0 N–H and O–H groups in total. The molecule has 3 nitrogen and oxygen atoms in total. The highest BCUT2D eigenvalue weighted by Crippen LogP contribution is 2.28. The average Bonchev–Trinajstić information content (AvgIpc) is 2.83. The van der Waals surface area contributed by atoms with Crippen molar-refractivity contribution in [3.63, 3.8) is 0 Å². The Balaban J connectivity index is 1.85. The third-order valence-corrected chi connectivity index (χ3v) is 10.1. The third-order valence-electron chi connectivity index (χ3n) is 6.53. The second-order valence-corrected chi connectivity index (χ2v) is 13.1. The van der Waals surface area contributed by atoms with Gasteiger partial charge in [-0.15, -0.1) is 0 Å². The highest BCUT2D eigenvalue weighted by molar-refractivity contribution is 6.96. The van der Waals surface area contributed by atoms with E-state index in [9.17, 15) is 0 Å². The molecule has 35 heavy (non-hydrogen) atoms. The summed E-state index contributed by atoms with van der Waals surface area (Å²) in [6.45, 7) is 11.0. The van der Waals surface area contributed by atoms with Gasteiger partial charge < -0.3 is 9.16 Å². The minimum atomic E-state index is -2.61. The fourth-order valence-corrected chi connectivity index (χ4v) is 8.25. The maximum atomic E-state index is 7.35. The normalized spacial score (nSPS) is 12.4. The lowest BCUT2D eigenvalue weighted by Crippen LogP contribution is -2.59. The molecule has 0 unspecified atom stereocenters. The molecule has 0 spiro atoms. The monoisotopic (exact) mass is 481 g/mol. The molecule has 3 aromatic carbocycles. The lowest BCUT2D eigenvalue weighted by Gasteiger charge is -2.34. The largest absolute Gasteiger partial charge is 0.497 e. The third kappa shape index (κ3) is 5.89. The number of pyridine rings is 1. The van der Waals surface area contributed by atoms with Crippen LogP contribution in [0.5, 0.6) is 5.75 Å². The van der Waals surface area contributed by atoms with Gasteiger partial charge in [-0.3, -0.25) is 4.98 Å². The van der Waals surface area contributed by atoms with Gasteiger partial charge in [-0.2, -0.15) is 0 Å². The van der Waals surface area contributed by atoms with Gasteiger partial charge in [0.2, 0.25) is 0 Å². The second kappa shape index (κ2) is 10.6. The molecule has 0 fully saturated rings. The first-order valence-electron chi connectivity index (χ1n) is 12.2. The van der Waals surface area contributed by atoms with E-state index in [-0.39, 0.29) is 6.10 Å². The van der Waals surface area contributed by atoms with E-state index >= 15 is 0 Å². The predicted octanol–water partition coefficient (Wildman–Crippen LogP) is 6.01. The molecule has 0 bridgehead atoms. The molecule has 0 saturated carbocycles. The number of rotatable bonds is 8. The summed E-state index contributed by atoms with van der Waals surface area (Å²) in [6.07, 6.45) is 2.41. The van der Waals surface area contributed by atoms with Gasteiger partial charge in [-0.25, -0.2) is 0 Å². The van der Waals surface area contributed by atoms with Crippen molar-refractivity contribution in [1.82, 2.24) is 4.98 Å². The van der Waals surface area contributed by atoms with Crippen LogP contribution in [-0.4, -0.2) is 20.4 Å². The van der Waals surface area contributed by atoms with Crippen LogP contribution in [0.25, 0.3) is 0 Å². The van der Waals surface area contributed by atoms with Gasteiger partial charge in [0, 0.05) is 18.3 Å². The molecule has 0 radical (unpaired) electrons. The average molecular weight is 482 g/mol. The summed E-state index contributed by atoms with van der Waals surface area (Å²) in [5.74, 6) is 0.842. The number of aryl methyl sites for hydroxylation is 4. The molecule has 0 amide bonds. The molecule has 4 aromatic rings. The molecular formula is C31H35NO2Si. The molecule has 0 aliphatic carbocycles. The summed E-state index contributed by atoms with van der Waals surface area (Å²) in [7, 11) is -0.912. The molecule has 0 aliphatic rings. The van der Waals surface area contributed by atoms with E-state index < -0.39 is 8.32 Å². The zero-order chi connectivity index (χ0) is 25.0. The number of hydrogen-bond donors (Lipinski definition) is 0.